The second-order valence-electron chi connectivity index (χ2n) is 6.74. The van der Waals surface area contributed by atoms with Crippen LogP contribution >= 0.6 is 11.6 Å². The minimum absolute atomic E-state index is 0.795. The summed E-state index contributed by atoms with van der Waals surface area (Å²) in [5, 5.41) is 4.40. The number of fused-ring (bicyclic) bond motifs is 1. The second kappa shape index (κ2) is 8.22. The van der Waals surface area contributed by atoms with E-state index in [4.69, 9.17) is 16.6 Å². The standard InChI is InChI=1S/C22H29ClN4/c1-6-15-13-17(23)14-16(7-2)20(15)25-22-24-18-11-10-12-19(21(18)26(22)5)27(8-3)9-4/h10-14H,6-9H2,1-5H3,(H,24,25). The number of rotatable bonds is 7. The van der Waals surface area contributed by atoms with Crippen molar-refractivity contribution in [2.24, 2.45) is 7.05 Å². The van der Waals surface area contributed by atoms with Crippen LogP contribution in [0.1, 0.15) is 38.8 Å². The van der Waals surface area contributed by atoms with Crippen molar-refractivity contribution in [2.75, 3.05) is 23.3 Å². The van der Waals surface area contributed by atoms with E-state index in [1.54, 1.807) is 0 Å². The molecule has 0 aliphatic rings. The molecular formula is C22H29ClN4. The Morgan fingerprint density at radius 1 is 1.04 bits per heavy atom. The van der Waals surface area contributed by atoms with Crippen LogP contribution in [-0.4, -0.2) is 22.6 Å². The molecule has 144 valence electrons. The van der Waals surface area contributed by atoms with Crippen molar-refractivity contribution in [2.45, 2.75) is 40.5 Å². The van der Waals surface area contributed by atoms with Gasteiger partial charge in [-0.1, -0.05) is 31.5 Å². The van der Waals surface area contributed by atoms with Crippen molar-refractivity contribution in [3.63, 3.8) is 0 Å². The van der Waals surface area contributed by atoms with E-state index < -0.39 is 0 Å². The molecule has 0 amide bonds. The molecule has 0 saturated heterocycles. The first-order valence-electron chi connectivity index (χ1n) is 9.82. The summed E-state index contributed by atoms with van der Waals surface area (Å²) in [5.74, 6) is 0.858. The van der Waals surface area contributed by atoms with Crippen LogP contribution in [0.4, 0.5) is 17.3 Å². The maximum absolute atomic E-state index is 6.31. The second-order valence-corrected chi connectivity index (χ2v) is 7.18. The van der Waals surface area contributed by atoms with Crippen LogP contribution in [0.3, 0.4) is 0 Å². The first-order valence-corrected chi connectivity index (χ1v) is 10.2. The summed E-state index contributed by atoms with van der Waals surface area (Å²) in [6, 6.07) is 10.4. The number of anilines is 3. The van der Waals surface area contributed by atoms with Crippen LogP contribution < -0.4 is 10.2 Å². The van der Waals surface area contributed by atoms with Gasteiger partial charge in [0.1, 0.15) is 0 Å². The Kier molecular flexibility index (Phi) is 5.95. The van der Waals surface area contributed by atoms with E-state index in [0.29, 0.717) is 0 Å². The third kappa shape index (κ3) is 3.63. The number of aryl methyl sites for hydroxylation is 3. The van der Waals surface area contributed by atoms with Gasteiger partial charge in [-0.05, 0) is 62.1 Å². The molecule has 5 heteroatoms. The quantitative estimate of drug-likeness (QED) is 0.547. The smallest absolute Gasteiger partial charge is 0.208 e. The van der Waals surface area contributed by atoms with Crippen molar-refractivity contribution in [3.8, 4) is 0 Å². The van der Waals surface area contributed by atoms with Crippen molar-refractivity contribution in [1.29, 1.82) is 0 Å². The fourth-order valence-electron chi connectivity index (χ4n) is 3.73. The predicted octanol–water partition coefficient (Wildman–Crippen LogP) is 5.94. The molecule has 0 saturated carbocycles. The summed E-state index contributed by atoms with van der Waals surface area (Å²) < 4.78 is 2.16. The van der Waals surface area contributed by atoms with Crippen molar-refractivity contribution < 1.29 is 0 Å². The number of para-hydroxylation sites is 1. The minimum atomic E-state index is 0.795. The molecule has 0 aliphatic heterocycles. The highest BCUT2D eigenvalue weighted by Crippen LogP contribution is 2.33. The Morgan fingerprint density at radius 2 is 1.67 bits per heavy atom. The highest BCUT2D eigenvalue weighted by Gasteiger charge is 2.16. The number of nitrogens with zero attached hydrogens (tertiary/aromatic N) is 3. The van der Waals surface area contributed by atoms with Gasteiger partial charge >= 0.3 is 0 Å². The fraction of sp³-hybridized carbons (Fsp3) is 0.409. The van der Waals surface area contributed by atoms with Crippen LogP contribution in [0, 0.1) is 0 Å². The zero-order chi connectivity index (χ0) is 19.6. The lowest BCUT2D eigenvalue weighted by molar-refractivity contribution is 0.861. The van der Waals surface area contributed by atoms with E-state index in [-0.39, 0.29) is 0 Å². The summed E-state index contributed by atoms with van der Waals surface area (Å²) in [7, 11) is 2.08. The summed E-state index contributed by atoms with van der Waals surface area (Å²) >= 11 is 6.31. The van der Waals surface area contributed by atoms with Crippen LogP contribution in [-0.2, 0) is 19.9 Å². The Labute approximate surface area is 167 Å². The number of aromatic nitrogens is 2. The number of halogens is 1. The number of hydrogen-bond acceptors (Lipinski definition) is 3. The van der Waals surface area contributed by atoms with Crippen LogP contribution in [0.5, 0.6) is 0 Å². The maximum Gasteiger partial charge on any atom is 0.208 e. The van der Waals surface area contributed by atoms with Gasteiger partial charge in [0, 0.05) is 30.8 Å². The lowest BCUT2D eigenvalue weighted by Crippen LogP contribution is -2.22. The molecule has 0 fully saturated rings. The highest BCUT2D eigenvalue weighted by atomic mass is 35.5. The molecule has 27 heavy (non-hydrogen) atoms. The Morgan fingerprint density at radius 3 is 2.22 bits per heavy atom. The van der Waals surface area contributed by atoms with E-state index in [2.05, 4.69) is 67.7 Å². The molecule has 1 heterocycles. The van der Waals surface area contributed by atoms with Crippen LogP contribution in [0.2, 0.25) is 5.02 Å². The first kappa shape index (κ1) is 19.6. The number of nitrogens with one attached hydrogen (secondary N) is 1. The first-order chi connectivity index (χ1) is 13.0. The van der Waals surface area contributed by atoms with Gasteiger partial charge in [-0.25, -0.2) is 4.98 Å². The van der Waals surface area contributed by atoms with Crippen LogP contribution in [0.15, 0.2) is 30.3 Å². The highest BCUT2D eigenvalue weighted by molar-refractivity contribution is 6.30. The molecule has 1 aromatic heterocycles. The molecule has 0 bridgehead atoms. The SMILES string of the molecule is CCc1cc(Cl)cc(CC)c1Nc1nc2cccc(N(CC)CC)c2n1C. The third-order valence-electron chi connectivity index (χ3n) is 5.24. The van der Waals surface area contributed by atoms with Gasteiger partial charge in [0.05, 0.1) is 16.7 Å². The van der Waals surface area contributed by atoms with Crippen molar-refractivity contribution >= 4 is 40.0 Å². The Balaban J connectivity index is 2.12. The zero-order valence-electron chi connectivity index (χ0n) is 16.9. The summed E-state index contributed by atoms with van der Waals surface area (Å²) in [4.78, 5) is 7.25. The van der Waals surface area contributed by atoms with Crippen molar-refractivity contribution in [1.82, 2.24) is 9.55 Å². The summed E-state index contributed by atoms with van der Waals surface area (Å²) in [6.45, 7) is 10.6. The van der Waals surface area contributed by atoms with E-state index in [1.807, 2.05) is 12.1 Å². The van der Waals surface area contributed by atoms with Crippen LogP contribution in [0.25, 0.3) is 11.0 Å². The Bertz CT molecular complexity index is 916. The van der Waals surface area contributed by atoms with E-state index in [1.165, 1.54) is 16.8 Å². The van der Waals surface area contributed by atoms with Gasteiger partial charge in [0.25, 0.3) is 0 Å². The van der Waals surface area contributed by atoms with Gasteiger partial charge in [-0.3, -0.25) is 0 Å². The topological polar surface area (TPSA) is 33.1 Å². The lowest BCUT2D eigenvalue weighted by atomic mass is 10.0. The summed E-state index contributed by atoms with van der Waals surface area (Å²) in [5.41, 5.74) is 6.96. The average Bonchev–Trinajstić information content (AvgIpc) is 3.00. The van der Waals surface area contributed by atoms with E-state index in [0.717, 1.165) is 53.6 Å². The monoisotopic (exact) mass is 384 g/mol. The largest absolute Gasteiger partial charge is 0.370 e. The van der Waals surface area contributed by atoms with Gasteiger partial charge in [0.15, 0.2) is 0 Å². The molecule has 1 N–H and O–H groups in total. The molecule has 0 aliphatic carbocycles. The predicted molar refractivity (Wildman–Crippen MR) is 118 cm³/mol. The average molecular weight is 385 g/mol. The third-order valence-corrected chi connectivity index (χ3v) is 5.46. The molecule has 3 aromatic rings. The number of imidazole rings is 1. The van der Waals surface area contributed by atoms with Gasteiger partial charge in [-0.2, -0.15) is 0 Å². The fourth-order valence-corrected chi connectivity index (χ4v) is 4.00. The molecule has 3 rings (SSSR count). The van der Waals surface area contributed by atoms with Gasteiger partial charge in [0.2, 0.25) is 5.95 Å². The molecule has 2 aromatic carbocycles. The molecule has 4 nitrogen and oxygen atoms in total. The maximum atomic E-state index is 6.31. The number of benzene rings is 2. The minimum Gasteiger partial charge on any atom is -0.370 e. The van der Waals surface area contributed by atoms with Gasteiger partial charge in [-0.15, -0.1) is 0 Å². The molecule has 0 atom stereocenters. The molecule has 0 radical (unpaired) electrons. The molecular weight excluding hydrogens is 356 g/mol. The van der Waals surface area contributed by atoms with E-state index in [9.17, 15) is 0 Å². The molecule has 0 unspecified atom stereocenters. The van der Waals surface area contributed by atoms with Gasteiger partial charge < -0.3 is 14.8 Å². The normalized spacial score (nSPS) is 11.2. The van der Waals surface area contributed by atoms with Crippen molar-refractivity contribution in [3.05, 3.63) is 46.5 Å². The van der Waals surface area contributed by atoms with E-state index >= 15 is 0 Å². The lowest BCUT2D eigenvalue weighted by Gasteiger charge is -2.22. The summed E-state index contributed by atoms with van der Waals surface area (Å²) in [6.07, 6.45) is 1.84. The Hall–Kier alpha value is -2.20. The number of hydrogen-bond donors (Lipinski definition) is 1. The molecule has 0 spiro atoms. The zero-order valence-corrected chi connectivity index (χ0v) is 17.7.